The maximum Gasteiger partial charge on any atom is 0.0521 e. The lowest BCUT2D eigenvalue weighted by Gasteiger charge is -2.07. The zero-order valence-electron chi connectivity index (χ0n) is 9.53. The summed E-state index contributed by atoms with van der Waals surface area (Å²) in [5, 5.41) is 4.15. The van der Waals surface area contributed by atoms with E-state index in [4.69, 9.17) is 0 Å². The molecule has 0 N–H and O–H groups in total. The van der Waals surface area contributed by atoms with Crippen molar-refractivity contribution in [1.82, 2.24) is 14.7 Å². The molecule has 14 heavy (non-hydrogen) atoms. The molecule has 1 aromatic heterocycles. The van der Waals surface area contributed by atoms with Crippen LogP contribution in [0.25, 0.3) is 0 Å². The zero-order valence-corrected chi connectivity index (χ0v) is 9.53. The molecule has 0 fully saturated rings. The van der Waals surface area contributed by atoms with Gasteiger partial charge in [0, 0.05) is 13.2 Å². The Balaban J connectivity index is 2.04. The average Bonchev–Trinajstić information content (AvgIpc) is 2.50. The molecule has 0 spiro atoms. The summed E-state index contributed by atoms with van der Waals surface area (Å²) < 4.78 is 1.87. The molecule has 3 heteroatoms. The molecular weight excluding hydrogens is 174 g/mol. The lowest BCUT2D eigenvalue weighted by molar-refractivity contribution is 0.391. The van der Waals surface area contributed by atoms with Crippen LogP contribution in [0.5, 0.6) is 0 Å². The number of aryl methyl sites for hydroxylation is 2. The van der Waals surface area contributed by atoms with E-state index in [1.807, 2.05) is 17.9 Å². The summed E-state index contributed by atoms with van der Waals surface area (Å²) in [4.78, 5) is 2.24. The summed E-state index contributed by atoms with van der Waals surface area (Å²) in [7, 11) is 6.22. The van der Waals surface area contributed by atoms with Gasteiger partial charge in [-0.2, -0.15) is 5.10 Å². The normalized spacial score (nSPS) is 11.1. The number of nitrogens with zero attached hydrogens (tertiary/aromatic N) is 3. The summed E-state index contributed by atoms with van der Waals surface area (Å²) >= 11 is 0. The van der Waals surface area contributed by atoms with Crippen molar-refractivity contribution >= 4 is 0 Å². The van der Waals surface area contributed by atoms with Crippen LogP contribution >= 0.6 is 0 Å². The number of aromatic nitrogens is 2. The van der Waals surface area contributed by atoms with E-state index in [2.05, 4.69) is 30.3 Å². The van der Waals surface area contributed by atoms with Crippen LogP contribution in [0.15, 0.2) is 12.4 Å². The van der Waals surface area contributed by atoms with Crippen molar-refractivity contribution in [3.8, 4) is 0 Å². The molecule has 3 nitrogen and oxygen atoms in total. The van der Waals surface area contributed by atoms with E-state index in [0.717, 1.165) is 0 Å². The van der Waals surface area contributed by atoms with Crippen molar-refractivity contribution in [1.29, 1.82) is 0 Å². The maximum absolute atomic E-state index is 4.15. The van der Waals surface area contributed by atoms with Crippen molar-refractivity contribution in [2.45, 2.75) is 25.7 Å². The molecule has 0 radical (unpaired) electrons. The van der Waals surface area contributed by atoms with Gasteiger partial charge in [0.2, 0.25) is 0 Å². The molecule has 0 unspecified atom stereocenters. The van der Waals surface area contributed by atoms with Gasteiger partial charge in [-0.3, -0.25) is 4.68 Å². The van der Waals surface area contributed by atoms with Gasteiger partial charge in [0.05, 0.1) is 6.20 Å². The fourth-order valence-corrected chi connectivity index (χ4v) is 1.53. The molecule has 0 saturated carbocycles. The van der Waals surface area contributed by atoms with Gasteiger partial charge in [-0.25, -0.2) is 0 Å². The van der Waals surface area contributed by atoms with Gasteiger partial charge in [-0.15, -0.1) is 0 Å². The standard InChI is InChI=1S/C11H21N3/c1-13(2)8-6-4-5-7-11-9-12-14(3)10-11/h9-10H,4-8H2,1-3H3. The van der Waals surface area contributed by atoms with E-state index < -0.39 is 0 Å². The van der Waals surface area contributed by atoms with Crippen LogP contribution in [-0.2, 0) is 13.5 Å². The van der Waals surface area contributed by atoms with Crippen molar-refractivity contribution in [2.24, 2.45) is 7.05 Å². The molecule has 0 saturated heterocycles. The highest BCUT2D eigenvalue weighted by Crippen LogP contribution is 2.05. The van der Waals surface area contributed by atoms with Gasteiger partial charge in [0.15, 0.2) is 0 Å². The topological polar surface area (TPSA) is 21.1 Å². The second-order valence-electron chi connectivity index (χ2n) is 4.14. The van der Waals surface area contributed by atoms with E-state index in [-0.39, 0.29) is 0 Å². The summed E-state index contributed by atoms with van der Waals surface area (Å²) in [5.74, 6) is 0. The first kappa shape index (κ1) is 11.2. The molecule has 1 rings (SSSR count). The molecule has 0 amide bonds. The summed E-state index contributed by atoms with van der Waals surface area (Å²) in [6, 6.07) is 0. The van der Waals surface area contributed by atoms with Gasteiger partial charge < -0.3 is 4.90 Å². The number of hydrogen-bond acceptors (Lipinski definition) is 2. The monoisotopic (exact) mass is 195 g/mol. The quantitative estimate of drug-likeness (QED) is 0.644. The first-order valence-corrected chi connectivity index (χ1v) is 5.31. The van der Waals surface area contributed by atoms with E-state index in [1.165, 1.54) is 37.8 Å². The predicted octanol–water partition coefficient (Wildman–Crippen LogP) is 1.69. The van der Waals surface area contributed by atoms with Crippen LogP contribution < -0.4 is 0 Å². The maximum atomic E-state index is 4.15. The van der Waals surface area contributed by atoms with Crippen LogP contribution in [0.4, 0.5) is 0 Å². The van der Waals surface area contributed by atoms with Crippen molar-refractivity contribution < 1.29 is 0 Å². The molecule has 0 aliphatic rings. The molecule has 0 aromatic carbocycles. The minimum absolute atomic E-state index is 1.17. The largest absolute Gasteiger partial charge is 0.309 e. The highest BCUT2D eigenvalue weighted by Gasteiger charge is 1.96. The first-order chi connectivity index (χ1) is 6.68. The summed E-state index contributed by atoms with van der Waals surface area (Å²) in [6.07, 6.45) is 9.12. The number of hydrogen-bond donors (Lipinski definition) is 0. The van der Waals surface area contributed by atoms with E-state index in [0.29, 0.717) is 0 Å². The van der Waals surface area contributed by atoms with E-state index in [1.54, 1.807) is 0 Å². The number of unbranched alkanes of at least 4 members (excludes halogenated alkanes) is 2. The highest BCUT2D eigenvalue weighted by molar-refractivity contribution is 5.03. The molecule has 0 aliphatic heterocycles. The Labute approximate surface area is 86.7 Å². The third-order valence-corrected chi connectivity index (χ3v) is 2.33. The third kappa shape index (κ3) is 4.42. The first-order valence-electron chi connectivity index (χ1n) is 5.31. The Morgan fingerprint density at radius 3 is 2.64 bits per heavy atom. The lowest BCUT2D eigenvalue weighted by atomic mass is 10.1. The van der Waals surface area contributed by atoms with Crippen molar-refractivity contribution in [3.05, 3.63) is 18.0 Å². The van der Waals surface area contributed by atoms with Crippen molar-refractivity contribution in [3.63, 3.8) is 0 Å². The van der Waals surface area contributed by atoms with Gasteiger partial charge in [-0.05, 0) is 45.5 Å². The lowest BCUT2D eigenvalue weighted by Crippen LogP contribution is -2.12. The third-order valence-electron chi connectivity index (χ3n) is 2.33. The molecule has 0 aliphatic carbocycles. The Kier molecular flexibility index (Phi) is 4.66. The van der Waals surface area contributed by atoms with Gasteiger partial charge in [0.1, 0.15) is 0 Å². The molecular formula is C11H21N3. The molecule has 1 heterocycles. The Morgan fingerprint density at radius 1 is 1.29 bits per heavy atom. The second kappa shape index (κ2) is 5.81. The predicted molar refractivity (Wildman–Crippen MR) is 59.3 cm³/mol. The second-order valence-corrected chi connectivity index (χ2v) is 4.14. The van der Waals surface area contributed by atoms with Gasteiger partial charge >= 0.3 is 0 Å². The molecule has 0 atom stereocenters. The molecule has 1 aromatic rings. The van der Waals surface area contributed by atoms with Crippen LogP contribution in [-0.4, -0.2) is 35.3 Å². The zero-order chi connectivity index (χ0) is 10.4. The Hall–Kier alpha value is -0.830. The van der Waals surface area contributed by atoms with E-state index >= 15 is 0 Å². The van der Waals surface area contributed by atoms with Crippen LogP contribution in [0.3, 0.4) is 0 Å². The van der Waals surface area contributed by atoms with E-state index in [9.17, 15) is 0 Å². The molecule has 80 valence electrons. The van der Waals surface area contributed by atoms with Gasteiger partial charge in [-0.1, -0.05) is 6.42 Å². The van der Waals surface area contributed by atoms with Crippen molar-refractivity contribution in [2.75, 3.05) is 20.6 Å². The summed E-state index contributed by atoms with van der Waals surface area (Å²) in [6.45, 7) is 1.20. The fourth-order valence-electron chi connectivity index (χ4n) is 1.53. The average molecular weight is 195 g/mol. The highest BCUT2D eigenvalue weighted by atomic mass is 15.2. The minimum atomic E-state index is 1.17. The molecule has 0 bridgehead atoms. The minimum Gasteiger partial charge on any atom is -0.309 e. The summed E-state index contributed by atoms with van der Waals surface area (Å²) in [5.41, 5.74) is 1.36. The van der Waals surface area contributed by atoms with Crippen LogP contribution in [0.1, 0.15) is 24.8 Å². The van der Waals surface area contributed by atoms with Crippen LogP contribution in [0, 0.1) is 0 Å². The SMILES string of the molecule is CN(C)CCCCCc1cnn(C)c1. The number of rotatable bonds is 6. The Bertz CT molecular complexity index is 253. The Morgan fingerprint density at radius 2 is 2.07 bits per heavy atom. The fraction of sp³-hybridized carbons (Fsp3) is 0.727. The van der Waals surface area contributed by atoms with Gasteiger partial charge in [0.25, 0.3) is 0 Å². The van der Waals surface area contributed by atoms with Crippen LogP contribution in [0.2, 0.25) is 0 Å². The smallest absolute Gasteiger partial charge is 0.0521 e.